The number of hydrogen-bond donors (Lipinski definition) is 1. The third-order valence-corrected chi connectivity index (χ3v) is 3.28. The van der Waals surface area contributed by atoms with Crippen LogP contribution in [0.25, 0.3) is 0 Å². The van der Waals surface area contributed by atoms with Crippen LogP contribution < -0.4 is 5.32 Å². The van der Waals surface area contributed by atoms with Gasteiger partial charge in [0.2, 0.25) is 0 Å². The van der Waals surface area contributed by atoms with Crippen LogP contribution in [-0.2, 0) is 32.7 Å². The minimum atomic E-state index is -4.32. The molecule has 6 heteroatoms. The third-order valence-electron chi connectivity index (χ3n) is 3.28. The van der Waals surface area contributed by atoms with E-state index in [1.165, 1.54) is 12.1 Å². The first kappa shape index (κ1) is 15.6. The topological polar surface area (TPSA) is 29.9 Å². The van der Waals surface area contributed by atoms with Gasteiger partial charge in [0.05, 0.1) is 11.3 Å². The van der Waals surface area contributed by atoms with Crippen molar-refractivity contribution < 1.29 is 13.2 Å². The van der Waals surface area contributed by atoms with Crippen LogP contribution in [0, 0.1) is 0 Å². The van der Waals surface area contributed by atoms with Crippen molar-refractivity contribution in [3.8, 4) is 0 Å². The fraction of sp³-hybridized carbons (Fsp3) is 0.400. The molecule has 0 bridgehead atoms. The molecule has 0 amide bonds. The molecule has 0 aliphatic carbocycles. The second kappa shape index (κ2) is 6.30. The van der Waals surface area contributed by atoms with Crippen LogP contribution in [0.4, 0.5) is 13.2 Å². The highest BCUT2D eigenvalue weighted by atomic mass is 19.4. The molecule has 1 heterocycles. The molecule has 0 radical (unpaired) electrons. The molecule has 1 aromatic heterocycles. The Morgan fingerprint density at radius 3 is 2.48 bits per heavy atom. The second-order valence-electron chi connectivity index (χ2n) is 4.89. The number of nitrogens with one attached hydrogen (secondary N) is 1. The van der Waals surface area contributed by atoms with Crippen molar-refractivity contribution in [3.05, 3.63) is 52.8 Å². The third kappa shape index (κ3) is 3.85. The second-order valence-corrected chi connectivity index (χ2v) is 4.89. The molecule has 0 saturated carbocycles. The van der Waals surface area contributed by atoms with E-state index < -0.39 is 11.7 Å². The van der Waals surface area contributed by atoms with Gasteiger partial charge in [0.1, 0.15) is 0 Å². The first-order valence-corrected chi connectivity index (χ1v) is 6.79. The van der Waals surface area contributed by atoms with Gasteiger partial charge in [0.25, 0.3) is 0 Å². The van der Waals surface area contributed by atoms with Crippen molar-refractivity contribution in [2.45, 2.75) is 32.6 Å². The number of alkyl halides is 3. The summed E-state index contributed by atoms with van der Waals surface area (Å²) in [5.41, 5.74) is 1.66. The SMILES string of the molecule is CCc1nn(C)cc1CNCc1ccccc1C(F)(F)F. The summed E-state index contributed by atoms with van der Waals surface area (Å²) in [6.45, 7) is 2.68. The van der Waals surface area contributed by atoms with Crippen molar-refractivity contribution in [3.63, 3.8) is 0 Å². The van der Waals surface area contributed by atoms with Crippen molar-refractivity contribution >= 4 is 0 Å². The number of aryl methyl sites for hydroxylation is 2. The van der Waals surface area contributed by atoms with Crippen LogP contribution in [0.1, 0.15) is 29.3 Å². The maximum atomic E-state index is 12.9. The zero-order chi connectivity index (χ0) is 15.5. The minimum absolute atomic E-state index is 0.174. The van der Waals surface area contributed by atoms with E-state index in [-0.39, 0.29) is 12.1 Å². The predicted molar refractivity (Wildman–Crippen MR) is 74.6 cm³/mol. The summed E-state index contributed by atoms with van der Waals surface area (Å²) in [6.07, 6.45) is -1.63. The summed E-state index contributed by atoms with van der Waals surface area (Å²) < 4.78 is 40.4. The highest BCUT2D eigenvalue weighted by Crippen LogP contribution is 2.31. The molecule has 1 N–H and O–H groups in total. The van der Waals surface area contributed by atoms with Gasteiger partial charge in [-0.25, -0.2) is 0 Å². The van der Waals surface area contributed by atoms with Gasteiger partial charge in [0.15, 0.2) is 0 Å². The molecule has 3 nitrogen and oxygen atoms in total. The Bertz CT molecular complexity index is 602. The summed E-state index contributed by atoms with van der Waals surface area (Å²) in [6, 6.07) is 5.63. The predicted octanol–water partition coefficient (Wildman–Crippen LogP) is 3.29. The average molecular weight is 297 g/mol. The van der Waals surface area contributed by atoms with Gasteiger partial charge < -0.3 is 5.32 Å². The maximum Gasteiger partial charge on any atom is 0.416 e. The van der Waals surface area contributed by atoms with Crippen LogP contribution in [0.5, 0.6) is 0 Å². The lowest BCUT2D eigenvalue weighted by atomic mass is 10.1. The van der Waals surface area contributed by atoms with E-state index in [1.807, 2.05) is 20.2 Å². The average Bonchev–Trinajstić information content (AvgIpc) is 2.78. The number of nitrogens with zero attached hydrogens (tertiary/aromatic N) is 2. The van der Waals surface area contributed by atoms with Crippen LogP contribution in [0.3, 0.4) is 0 Å². The number of halogens is 3. The normalized spacial score (nSPS) is 11.9. The maximum absolute atomic E-state index is 12.9. The molecule has 1 aromatic carbocycles. The van der Waals surface area contributed by atoms with Gasteiger partial charge in [-0.05, 0) is 18.1 Å². The monoisotopic (exact) mass is 297 g/mol. The lowest BCUT2D eigenvalue weighted by Crippen LogP contribution is -2.17. The summed E-state index contributed by atoms with van der Waals surface area (Å²) in [5, 5.41) is 7.37. The summed E-state index contributed by atoms with van der Waals surface area (Å²) in [7, 11) is 1.83. The summed E-state index contributed by atoms with van der Waals surface area (Å²) in [4.78, 5) is 0. The van der Waals surface area contributed by atoms with Crippen LogP contribution in [0.15, 0.2) is 30.5 Å². The number of rotatable bonds is 5. The van der Waals surface area contributed by atoms with E-state index in [4.69, 9.17) is 0 Å². The van der Waals surface area contributed by atoms with Gasteiger partial charge in [-0.15, -0.1) is 0 Å². The Morgan fingerprint density at radius 2 is 1.81 bits per heavy atom. The Kier molecular flexibility index (Phi) is 4.67. The van der Waals surface area contributed by atoms with E-state index in [0.29, 0.717) is 6.54 Å². The highest BCUT2D eigenvalue weighted by Gasteiger charge is 2.32. The fourth-order valence-electron chi connectivity index (χ4n) is 2.31. The van der Waals surface area contributed by atoms with Crippen molar-refractivity contribution in [1.82, 2.24) is 15.1 Å². The molecule has 0 aliphatic rings. The van der Waals surface area contributed by atoms with Gasteiger partial charge >= 0.3 is 6.18 Å². The molecule has 21 heavy (non-hydrogen) atoms. The molecular weight excluding hydrogens is 279 g/mol. The minimum Gasteiger partial charge on any atom is -0.308 e. The highest BCUT2D eigenvalue weighted by molar-refractivity contribution is 5.29. The van der Waals surface area contributed by atoms with Gasteiger partial charge in [-0.3, -0.25) is 4.68 Å². The number of aromatic nitrogens is 2. The van der Waals surface area contributed by atoms with Crippen molar-refractivity contribution in [2.75, 3.05) is 0 Å². The molecule has 0 saturated heterocycles. The molecule has 2 aromatic rings. The molecule has 0 unspecified atom stereocenters. The molecule has 0 aliphatic heterocycles. The van der Waals surface area contributed by atoms with Gasteiger partial charge in [-0.1, -0.05) is 25.1 Å². The molecule has 0 atom stereocenters. The van der Waals surface area contributed by atoms with E-state index >= 15 is 0 Å². The molecule has 2 rings (SSSR count). The Morgan fingerprint density at radius 1 is 1.14 bits per heavy atom. The Labute approximate surface area is 121 Å². The van der Waals surface area contributed by atoms with Crippen molar-refractivity contribution in [2.24, 2.45) is 7.05 Å². The lowest BCUT2D eigenvalue weighted by Gasteiger charge is -2.13. The molecular formula is C15H18F3N3. The lowest BCUT2D eigenvalue weighted by molar-refractivity contribution is -0.138. The van der Waals surface area contributed by atoms with Crippen LogP contribution in [-0.4, -0.2) is 9.78 Å². The quantitative estimate of drug-likeness (QED) is 0.918. The fourth-order valence-corrected chi connectivity index (χ4v) is 2.31. The first-order valence-electron chi connectivity index (χ1n) is 6.79. The first-order chi connectivity index (χ1) is 9.91. The Balaban J connectivity index is 2.04. The van der Waals surface area contributed by atoms with E-state index in [0.717, 1.165) is 23.7 Å². The molecule has 114 valence electrons. The van der Waals surface area contributed by atoms with Crippen molar-refractivity contribution in [1.29, 1.82) is 0 Å². The zero-order valence-corrected chi connectivity index (χ0v) is 12.0. The zero-order valence-electron chi connectivity index (χ0n) is 12.0. The van der Waals surface area contributed by atoms with Gasteiger partial charge in [0, 0.05) is 31.9 Å². The van der Waals surface area contributed by atoms with Crippen LogP contribution in [0.2, 0.25) is 0 Å². The van der Waals surface area contributed by atoms with E-state index in [1.54, 1.807) is 10.7 Å². The Hall–Kier alpha value is -1.82. The summed E-state index contributed by atoms with van der Waals surface area (Å²) >= 11 is 0. The van der Waals surface area contributed by atoms with E-state index in [2.05, 4.69) is 10.4 Å². The largest absolute Gasteiger partial charge is 0.416 e. The molecule has 0 spiro atoms. The standard InChI is InChI=1S/C15H18F3N3/c1-3-14-12(10-21(2)20-14)9-19-8-11-6-4-5-7-13(11)15(16,17)18/h4-7,10,19H,3,8-9H2,1-2H3. The number of hydrogen-bond acceptors (Lipinski definition) is 2. The summed E-state index contributed by atoms with van der Waals surface area (Å²) in [5.74, 6) is 0. The molecule has 0 fully saturated rings. The van der Waals surface area contributed by atoms with Gasteiger partial charge in [-0.2, -0.15) is 18.3 Å². The number of benzene rings is 1. The van der Waals surface area contributed by atoms with E-state index in [9.17, 15) is 13.2 Å². The smallest absolute Gasteiger partial charge is 0.308 e. The van der Waals surface area contributed by atoms with Crippen LogP contribution >= 0.6 is 0 Å².